The Kier molecular flexibility index (Phi) is 9.38. The molecule has 12 heteroatoms. The maximum atomic E-state index is 13.7. The van der Waals surface area contributed by atoms with E-state index in [0.29, 0.717) is 61.0 Å². The van der Waals surface area contributed by atoms with Crippen LogP contribution in [0.1, 0.15) is 36.5 Å². The second-order valence-corrected chi connectivity index (χ2v) is 13.2. The highest BCUT2D eigenvalue weighted by atomic mass is 35.5. The van der Waals surface area contributed by atoms with Crippen molar-refractivity contribution >= 4 is 55.0 Å². The third kappa shape index (κ3) is 6.49. The number of sulfonamides is 1. The summed E-state index contributed by atoms with van der Waals surface area (Å²) in [5.74, 6) is 1.47. The lowest BCUT2D eigenvalue weighted by Gasteiger charge is -2.30. The van der Waals surface area contributed by atoms with Gasteiger partial charge in [-0.25, -0.2) is 13.4 Å². The van der Waals surface area contributed by atoms with Crippen LogP contribution in [0, 0.1) is 5.92 Å². The zero-order chi connectivity index (χ0) is 26.9. The first-order valence-corrected chi connectivity index (χ1v) is 15.2. The van der Waals surface area contributed by atoms with Crippen LogP contribution in [0.2, 0.25) is 0 Å². The van der Waals surface area contributed by atoms with Crippen molar-refractivity contribution in [1.29, 1.82) is 0 Å². The molecule has 2 aliphatic heterocycles. The molecule has 3 heterocycles. The molecule has 0 radical (unpaired) electrons. The third-order valence-corrected chi connectivity index (χ3v) is 9.78. The molecule has 1 aromatic heterocycles. The van der Waals surface area contributed by atoms with E-state index in [9.17, 15) is 13.2 Å². The van der Waals surface area contributed by atoms with Gasteiger partial charge in [0, 0.05) is 37.3 Å². The minimum Gasteiger partial charge on any atom is -0.486 e. The van der Waals surface area contributed by atoms with E-state index in [1.807, 2.05) is 26.2 Å². The Bertz CT molecular complexity index is 1370. The Labute approximate surface area is 240 Å². The maximum absolute atomic E-state index is 13.7. The second-order valence-electron chi connectivity index (χ2n) is 10.2. The van der Waals surface area contributed by atoms with Crippen LogP contribution in [0.4, 0.5) is 5.13 Å². The molecule has 0 saturated carbocycles. The van der Waals surface area contributed by atoms with Crippen LogP contribution in [-0.4, -0.2) is 82.0 Å². The van der Waals surface area contributed by atoms with Crippen molar-refractivity contribution in [2.45, 2.75) is 31.1 Å². The lowest BCUT2D eigenvalue weighted by atomic mass is 10.0. The SMILES string of the molecule is CC1CCCN(S(=O)(=O)c2ccc(C(=O)N(CCCN(C)C)c3nc4cc5c(cc4s3)OCCO5)cc2)C1.Cl. The fraction of sp³-hybridized carbons (Fsp3) is 0.481. The first-order chi connectivity index (χ1) is 18.2. The summed E-state index contributed by atoms with van der Waals surface area (Å²) >= 11 is 1.43. The summed E-state index contributed by atoms with van der Waals surface area (Å²) in [4.78, 5) is 22.5. The zero-order valence-electron chi connectivity index (χ0n) is 22.5. The van der Waals surface area contributed by atoms with E-state index < -0.39 is 10.0 Å². The third-order valence-electron chi connectivity index (χ3n) is 6.86. The Morgan fingerprint density at radius 1 is 1.10 bits per heavy atom. The monoisotopic (exact) mass is 594 g/mol. The fourth-order valence-electron chi connectivity index (χ4n) is 4.84. The van der Waals surface area contributed by atoms with E-state index in [1.165, 1.54) is 11.3 Å². The standard InChI is InChI=1S/C27H34N4O5S2.ClH/c1-19-6-4-12-30(18-19)38(33,34)21-9-7-20(8-10-21)26(32)31(13-5-11-29(2)3)27-28-22-16-23-24(17-25(22)37-27)36-15-14-35-23;/h7-10,16-17,19H,4-6,11-15,18H2,1-3H3;1H. The molecule has 0 N–H and O–H groups in total. The first-order valence-electron chi connectivity index (χ1n) is 13.0. The van der Waals surface area contributed by atoms with Gasteiger partial charge in [-0.15, -0.1) is 12.4 Å². The zero-order valence-corrected chi connectivity index (χ0v) is 24.9. The highest BCUT2D eigenvalue weighted by molar-refractivity contribution is 7.89. The van der Waals surface area contributed by atoms with Gasteiger partial charge in [0.15, 0.2) is 16.6 Å². The van der Waals surface area contributed by atoms with Gasteiger partial charge in [0.25, 0.3) is 5.91 Å². The number of halogens is 1. The number of nitrogens with zero attached hydrogens (tertiary/aromatic N) is 4. The largest absolute Gasteiger partial charge is 0.486 e. The number of thiazole rings is 1. The van der Waals surface area contributed by atoms with Gasteiger partial charge < -0.3 is 14.4 Å². The van der Waals surface area contributed by atoms with Crippen LogP contribution in [0.15, 0.2) is 41.3 Å². The molecule has 1 saturated heterocycles. The number of rotatable bonds is 8. The average molecular weight is 595 g/mol. The van der Waals surface area contributed by atoms with E-state index in [2.05, 4.69) is 11.8 Å². The van der Waals surface area contributed by atoms with Crippen LogP contribution in [0.25, 0.3) is 10.2 Å². The van der Waals surface area contributed by atoms with Crippen LogP contribution in [0.3, 0.4) is 0 Å². The van der Waals surface area contributed by atoms with E-state index >= 15 is 0 Å². The lowest BCUT2D eigenvalue weighted by molar-refractivity contribution is 0.0986. The minimum atomic E-state index is -3.59. The molecular formula is C27H35ClN4O5S2. The van der Waals surface area contributed by atoms with Crippen molar-refractivity contribution in [3.05, 3.63) is 42.0 Å². The Hall–Kier alpha value is -2.44. The van der Waals surface area contributed by atoms with Gasteiger partial charge >= 0.3 is 0 Å². The number of carbonyl (C=O) groups excluding carboxylic acids is 1. The predicted octanol–water partition coefficient (Wildman–Crippen LogP) is 4.51. The summed E-state index contributed by atoms with van der Waals surface area (Å²) in [5, 5.41) is 0.588. The molecule has 1 unspecified atom stereocenters. The number of piperidine rings is 1. The van der Waals surface area contributed by atoms with E-state index in [0.717, 1.165) is 36.0 Å². The maximum Gasteiger partial charge on any atom is 0.260 e. The van der Waals surface area contributed by atoms with Gasteiger partial charge in [-0.2, -0.15) is 4.31 Å². The predicted molar refractivity (Wildman–Crippen MR) is 156 cm³/mol. The van der Waals surface area contributed by atoms with Gasteiger partial charge in [-0.1, -0.05) is 18.3 Å². The Balaban J connectivity index is 0.00000353. The normalized spacial score (nSPS) is 17.7. The first kappa shape index (κ1) is 29.5. The van der Waals surface area contributed by atoms with E-state index in [1.54, 1.807) is 33.5 Å². The molecule has 39 heavy (non-hydrogen) atoms. The molecule has 1 amide bonds. The van der Waals surface area contributed by atoms with E-state index in [-0.39, 0.29) is 23.2 Å². The topological polar surface area (TPSA) is 92.3 Å². The van der Waals surface area contributed by atoms with Gasteiger partial charge in [-0.3, -0.25) is 9.69 Å². The van der Waals surface area contributed by atoms with Crippen LogP contribution in [-0.2, 0) is 10.0 Å². The number of fused-ring (bicyclic) bond motifs is 2. The Morgan fingerprint density at radius 2 is 1.79 bits per heavy atom. The number of carbonyl (C=O) groups is 1. The van der Waals surface area contributed by atoms with Crippen LogP contribution < -0.4 is 14.4 Å². The number of hydrogen-bond acceptors (Lipinski definition) is 8. The second kappa shape index (κ2) is 12.4. The highest BCUT2D eigenvalue weighted by Gasteiger charge is 2.29. The van der Waals surface area contributed by atoms with Crippen molar-refractivity contribution in [3.8, 4) is 11.5 Å². The van der Waals surface area contributed by atoms with E-state index in [4.69, 9.17) is 14.5 Å². The van der Waals surface area contributed by atoms with Crippen LogP contribution in [0.5, 0.6) is 11.5 Å². The van der Waals surface area contributed by atoms with Crippen molar-refractivity contribution < 1.29 is 22.7 Å². The molecule has 2 aliphatic rings. The molecular weight excluding hydrogens is 560 g/mol. The molecule has 1 fully saturated rings. The summed E-state index contributed by atoms with van der Waals surface area (Å²) < 4.78 is 40.2. The summed E-state index contributed by atoms with van der Waals surface area (Å²) in [6.45, 7) is 5.43. The Morgan fingerprint density at radius 3 is 2.46 bits per heavy atom. The fourth-order valence-corrected chi connectivity index (χ4v) is 7.43. The molecule has 5 rings (SSSR count). The van der Waals surface area contributed by atoms with Crippen LogP contribution >= 0.6 is 23.7 Å². The van der Waals surface area contributed by atoms with Gasteiger partial charge in [0.05, 0.1) is 15.1 Å². The molecule has 3 aromatic rings. The number of benzene rings is 2. The van der Waals surface area contributed by atoms with Gasteiger partial charge in [-0.05, 0) is 70.1 Å². The lowest BCUT2D eigenvalue weighted by Crippen LogP contribution is -2.39. The van der Waals surface area contributed by atoms with Crippen molar-refractivity contribution in [2.75, 3.05) is 58.4 Å². The number of amides is 1. The number of anilines is 1. The van der Waals surface area contributed by atoms with Crippen molar-refractivity contribution in [1.82, 2.24) is 14.2 Å². The summed E-state index contributed by atoms with van der Waals surface area (Å²) in [6.07, 6.45) is 2.66. The van der Waals surface area contributed by atoms with Crippen molar-refractivity contribution in [3.63, 3.8) is 0 Å². The summed E-state index contributed by atoms with van der Waals surface area (Å²) in [6, 6.07) is 10.1. The molecule has 0 spiro atoms. The molecule has 0 bridgehead atoms. The number of hydrogen-bond donors (Lipinski definition) is 0. The smallest absolute Gasteiger partial charge is 0.260 e. The molecule has 2 aromatic carbocycles. The minimum absolute atomic E-state index is 0. The molecule has 9 nitrogen and oxygen atoms in total. The summed E-state index contributed by atoms with van der Waals surface area (Å²) in [5.41, 5.74) is 1.17. The van der Waals surface area contributed by atoms with Gasteiger partial charge in [0.1, 0.15) is 13.2 Å². The van der Waals surface area contributed by atoms with Crippen molar-refractivity contribution in [2.24, 2.45) is 5.92 Å². The van der Waals surface area contributed by atoms with Gasteiger partial charge in [0.2, 0.25) is 10.0 Å². The average Bonchev–Trinajstić information content (AvgIpc) is 3.31. The highest BCUT2D eigenvalue weighted by Crippen LogP contribution is 2.39. The number of aromatic nitrogens is 1. The number of ether oxygens (including phenoxy) is 2. The summed E-state index contributed by atoms with van der Waals surface area (Å²) in [7, 11) is 0.403. The molecule has 0 aliphatic carbocycles. The molecule has 1 atom stereocenters. The quantitative estimate of drug-likeness (QED) is 0.379. The molecule has 212 valence electrons.